The van der Waals surface area contributed by atoms with Crippen LogP contribution in [0.15, 0.2) is 23.1 Å². The summed E-state index contributed by atoms with van der Waals surface area (Å²) in [7, 11) is -3.45. The van der Waals surface area contributed by atoms with Gasteiger partial charge < -0.3 is 10.2 Å². The number of fused-ring (bicyclic) bond motifs is 1. The van der Waals surface area contributed by atoms with E-state index in [1.165, 1.54) is 5.56 Å². The lowest BCUT2D eigenvalue weighted by Crippen LogP contribution is -2.41. The third-order valence-electron chi connectivity index (χ3n) is 3.90. The minimum Gasteiger partial charge on any atom is -0.309 e. The molecule has 1 unspecified atom stereocenters. The number of nitrogens with one attached hydrogen (secondary N) is 2. The smallest absolute Gasteiger partial charge is 0.240 e. The molecule has 0 aromatic heterocycles. The quantitative estimate of drug-likeness (QED) is 0.797. The van der Waals surface area contributed by atoms with E-state index in [9.17, 15) is 8.42 Å². The molecule has 0 bridgehead atoms. The van der Waals surface area contributed by atoms with Gasteiger partial charge in [-0.15, -0.1) is 0 Å². The highest BCUT2D eigenvalue weighted by Gasteiger charge is 2.20. The molecular weight excluding hydrogens is 286 g/mol. The lowest BCUT2D eigenvalue weighted by Gasteiger charge is -2.23. The Morgan fingerprint density at radius 2 is 1.90 bits per heavy atom. The molecule has 1 heterocycles. The van der Waals surface area contributed by atoms with E-state index in [1.807, 2.05) is 13.0 Å². The fourth-order valence-corrected chi connectivity index (χ4v) is 3.96. The van der Waals surface area contributed by atoms with Gasteiger partial charge in [-0.05, 0) is 43.3 Å². The van der Waals surface area contributed by atoms with Gasteiger partial charge in [-0.1, -0.05) is 19.9 Å². The van der Waals surface area contributed by atoms with E-state index in [-0.39, 0.29) is 6.04 Å². The predicted molar refractivity (Wildman–Crippen MR) is 84.6 cm³/mol. The zero-order valence-electron chi connectivity index (χ0n) is 13.0. The molecule has 0 radical (unpaired) electrons. The molecule has 1 aromatic rings. The first-order valence-corrected chi connectivity index (χ1v) is 9.01. The van der Waals surface area contributed by atoms with Crippen LogP contribution in [0.2, 0.25) is 0 Å². The molecule has 0 saturated carbocycles. The molecule has 118 valence electrons. The number of sulfonamides is 1. The fourth-order valence-electron chi connectivity index (χ4n) is 2.68. The van der Waals surface area contributed by atoms with Crippen molar-refractivity contribution in [3.8, 4) is 0 Å². The molecule has 1 aliphatic rings. The zero-order chi connectivity index (χ0) is 15.5. The molecule has 1 aromatic carbocycles. The Morgan fingerprint density at radius 1 is 1.24 bits per heavy atom. The maximum absolute atomic E-state index is 12.5. The van der Waals surface area contributed by atoms with Crippen LogP contribution < -0.4 is 10.0 Å². The molecule has 6 heteroatoms. The Morgan fingerprint density at radius 3 is 2.57 bits per heavy atom. The minimum atomic E-state index is -3.45. The van der Waals surface area contributed by atoms with Crippen LogP contribution in [0, 0.1) is 0 Å². The van der Waals surface area contributed by atoms with Gasteiger partial charge in [0.25, 0.3) is 0 Å². The van der Waals surface area contributed by atoms with Crippen LogP contribution in [-0.2, 0) is 23.1 Å². The molecule has 0 fully saturated rings. The molecule has 1 aliphatic heterocycles. The van der Waals surface area contributed by atoms with Gasteiger partial charge in [0.15, 0.2) is 0 Å². The number of rotatable bonds is 7. The number of hydrogen-bond donors (Lipinski definition) is 2. The number of nitrogens with zero attached hydrogens (tertiary/aromatic N) is 1. The van der Waals surface area contributed by atoms with Gasteiger partial charge in [0.05, 0.1) is 4.90 Å². The van der Waals surface area contributed by atoms with Crippen LogP contribution in [0.3, 0.4) is 0 Å². The summed E-state index contributed by atoms with van der Waals surface area (Å²) in [4.78, 5) is 2.57. The Kier molecular flexibility index (Phi) is 5.37. The molecule has 0 saturated heterocycles. The predicted octanol–water partition coefficient (Wildman–Crippen LogP) is 1.30. The van der Waals surface area contributed by atoms with Gasteiger partial charge >= 0.3 is 0 Å². The summed E-state index contributed by atoms with van der Waals surface area (Å²) in [6, 6.07) is 5.26. The first-order chi connectivity index (χ1) is 9.96. The third-order valence-corrected chi connectivity index (χ3v) is 5.49. The number of hydrogen-bond acceptors (Lipinski definition) is 4. The van der Waals surface area contributed by atoms with E-state index >= 15 is 0 Å². The molecule has 21 heavy (non-hydrogen) atoms. The van der Waals surface area contributed by atoms with Crippen molar-refractivity contribution in [2.45, 2.75) is 44.8 Å². The van der Waals surface area contributed by atoms with Crippen LogP contribution in [0.1, 0.15) is 31.9 Å². The average Bonchev–Trinajstić information content (AvgIpc) is 2.91. The van der Waals surface area contributed by atoms with Gasteiger partial charge in [0.2, 0.25) is 10.0 Å². The molecule has 0 spiro atoms. The van der Waals surface area contributed by atoms with Crippen LogP contribution in [-0.4, -0.2) is 39.0 Å². The molecule has 5 nitrogen and oxygen atoms in total. The van der Waals surface area contributed by atoms with Gasteiger partial charge in [-0.3, -0.25) is 0 Å². The molecule has 2 rings (SSSR count). The van der Waals surface area contributed by atoms with Gasteiger partial charge in [0.1, 0.15) is 0 Å². The largest absolute Gasteiger partial charge is 0.309 e. The molecule has 2 N–H and O–H groups in total. The Balaban J connectivity index is 2.08. The summed E-state index contributed by atoms with van der Waals surface area (Å²) in [6.45, 7) is 10.2. The molecule has 1 atom stereocenters. The summed E-state index contributed by atoms with van der Waals surface area (Å²) in [5.41, 5.74) is 2.26. The SMILES string of the molecule is CCN(CC)CC(C)NS(=O)(=O)c1ccc2c(c1)CNC2. The second kappa shape index (κ2) is 6.87. The Hall–Kier alpha value is -0.950. The summed E-state index contributed by atoms with van der Waals surface area (Å²) in [6.07, 6.45) is 0. The summed E-state index contributed by atoms with van der Waals surface area (Å²) in [5, 5.41) is 3.23. The van der Waals surface area contributed by atoms with Gasteiger partial charge in [0, 0.05) is 25.7 Å². The monoisotopic (exact) mass is 311 g/mol. The highest BCUT2D eigenvalue weighted by Crippen LogP contribution is 2.20. The van der Waals surface area contributed by atoms with E-state index in [1.54, 1.807) is 12.1 Å². The topological polar surface area (TPSA) is 61.4 Å². The van der Waals surface area contributed by atoms with Gasteiger partial charge in [-0.2, -0.15) is 0 Å². The standard InChI is InChI=1S/C15H25N3O2S/c1-4-18(5-2)11-12(3)17-21(19,20)15-7-6-13-9-16-10-14(13)8-15/h6-8,12,16-17H,4-5,9-11H2,1-3H3. The first kappa shape index (κ1) is 16.4. The fraction of sp³-hybridized carbons (Fsp3) is 0.600. The third kappa shape index (κ3) is 4.03. The van der Waals surface area contributed by atoms with E-state index in [4.69, 9.17) is 0 Å². The van der Waals surface area contributed by atoms with Crippen molar-refractivity contribution in [3.63, 3.8) is 0 Å². The lowest BCUT2D eigenvalue weighted by molar-refractivity contribution is 0.282. The minimum absolute atomic E-state index is 0.110. The van der Waals surface area contributed by atoms with Gasteiger partial charge in [-0.25, -0.2) is 13.1 Å². The highest BCUT2D eigenvalue weighted by molar-refractivity contribution is 7.89. The maximum atomic E-state index is 12.5. The van der Waals surface area contributed by atoms with Crippen molar-refractivity contribution >= 4 is 10.0 Å². The van der Waals surface area contributed by atoms with E-state index < -0.39 is 10.0 Å². The van der Waals surface area contributed by atoms with Crippen molar-refractivity contribution in [1.29, 1.82) is 0 Å². The second-order valence-electron chi connectivity index (χ2n) is 5.54. The number of benzene rings is 1. The average molecular weight is 311 g/mol. The Bertz CT molecular complexity index is 583. The first-order valence-electron chi connectivity index (χ1n) is 7.53. The molecule has 0 amide bonds. The van der Waals surface area contributed by atoms with Crippen molar-refractivity contribution in [2.75, 3.05) is 19.6 Å². The molecule has 0 aliphatic carbocycles. The van der Waals surface area contributed by atoms with Crippen molar-refractivity contribution in [2.24, 2.45) is 0 Å². The van der Waals surface area contributed by atoms with E-state index in [0.717, 1.165) is 38.3 Å². The summed E-state index contributed by atoms with van der Waals surface area (Å²) >= 11 is 0. The van der Waals surface area contributed by atoms with E-state index in [0.29, 0.717) is 4.90 Å². The second-order valence-corrected chi connectivity index (χ2v) is 7.26. The van der Waals surface area contributed by atoms with Crippen molar-refractivity contribution in [3.05, 3.63) is 29.3 Å². The van der Waals surface area contributed by atoms with Crippen LogP contribution in [0.4, 0.5) is 0 Å². The van der Waals surface area contributed by atoms with Crippen molar-refractivity contribution < 1.29 is 8.42 Å². The van der Waals surface area contributed by atoms with Crippen LogP contribution in [0.25, 0.3) is 0 Å². The summed E-state index contributed by atoms with van der Waals surface area (Å²) in [5.74, 6) is 0. The van der Waals surface area contributed by atoms with Crippen molar-refractivity contribution in [1.82, 2.24) is 14.9 Å². The molecular formula is C15H25N3O2S. The normalized spacial score (nSPS) is 16.2. The highest BCUT2D eigenvalue weighted by atomic mass is 32.2. The number of likely N-dealkylation sites (N-methyl/N-ethyl adjacent to an activating group) is 1. The lowest BCUT2D eigenvalue weighted by atomic mass is 10.1. The summed E-state index contributed by atoms with van der Waals surface area (Å²) < 4.78 is 27.7. The van der Waals surface area contributed by atoms with E-state index in [2.05, 4.69) is 28.8 Å². The van der Waals surface area contributed by atoms with Crippen LogP contribution in [0.5, 0.6) is 0 Å². The van der Waals surface area contributed by atoms with Crippen LogP contribution >= 0.6 is 0 Å². The zero-order valence-corrected chi connectivity index (χ0v) is 13.8. The maximum Gasteiger partial charge on any atom is 0.240 e. The Labute approximate surface area is 127 Å².